The second-order valence-corrected chi connectivity index (χ2v) is 5.71. The van der Waals surface area contributed by atoms with Gasteiger partial charge < -0.3 is 14.8 Å². The van der Waals surface area contributed by atoms with Gasteiger partial charge in [0.05, 0.1) is 6.61 Å². The van der Waals surface area contributed by atoms with Gasteiger partial charge in [-0.1, -0.05) is 20.3 Å². The monoisotopic (exact) mass is 272 g/mol. The van der Waals surface area contributed by atoms with Gasteiger partial charge in [0.1, 0.15) is 0 Å². The first-order chi connectivity index (χ1) is 9.24. The number of nitrogens with one attached hydrogen (secondary N) is 1. The normalized spacial score (nSPS) is 21.2. The smallest absolute Gasteiger partial charge is 0.0593 e. The van der Waals surface area contributed by atoms with Crippen LogP contribution in [0.3, 0.4) is 0 Å². The first-order valence-corrected chi connectivity index (χ1v) is 7.78. The molecule has 4 heteroatoms. The Kier molecular flexibility index (Phi) is 9.43. The summed E-state index contributed by atoms with van der Waals surface area (Å²) in [6.07, 6.45) is 5.02. The minimum absolute atomic E-state index is 0.578. The predicted octanol–water partition coefficient (Wildman–Crippen LogP) is 1.89. The lowest BCUT2D eigenvalue weighted by atomic mass is 10.0. The van der Waals surface area contributed by atoms with E-state index >= 15 is 0 Å². The number of ether oxygens (including phenoxy) is 2. The second kappa shape index (κ2) is 10.6. The number of likely N-dealkylation sites (tertiary alicyclic amines) is 1. The van der Waals surface area contributed by atoms with Gasteiger partial charge in [-0.05, 0) is 25.8 Å². The third kappa shape index (κ3) is 7.88. The summed E-state index contributed by atoms with van der Waals surface area (Å²) in [4.78, 5) is 2.59. The van der Waals surface area contributed by atoms with Crippen LogP contribution in [0.15, 0.2) is 0 Å². The van der Waals surface area contributed by atoms with Gasteiger partial charge in [0.15, 0.2) is 0 Å². The third-order valence-electron chi connectivity index (χ3n) is 3.67. The molecule has 0 saturated carbocycles. The first kappa shape index (κ1) is 16.9. The molecule has 0 aromatic carbocycles. The highest BCUT2D eigenvalue weighted by molar-refractivity contribution is 4.79. The van der Waals surface area contributed by atoms with Crippen LogP contribution < -0.4 is 5.32 Å². The highest BCUT2D eigenvalue weighted by Crippen LogP contribution is 2.16. The van der Waals surface area contributed by atoms with Crippen LogP contribution in [-0.2, 0) is 9.47 Å². The van der Waals surface area contributed by atoms with Gasteiger partial charge in [-0.3, -0.25) is 4.90 Å². The largest absolute Gasteiger partial charge is 0.385 e. The van der Waals surface area contributed by atoms with E-state index in [9.17, 15) is 0 Å². The fourth-order valence-electron chi connectivity index (χ4n) is 2.55. The van der Waals surface area contributed by atoms with Gasteiger partial charge in [-0.25, -0.2) is 0 Å². The standard InChI is InChI=1S/C15H32N2O2/c1-14(2)16-13-15-7-4-5-8-17(15)9-12-19-11-6-10-18-3/h14-16H,4-13H2,1-3H3. The molecule has 114 valence electrons. The number of rotatable bonds is 10. The lowest BCUT2D eigenvalue weighted by Crippen LogP contribution is -2.47. The van der Waals surface area contributed by atoms with Crippen molar-refractivity contribution in [1.29, 1.82) is 0 Å². The molecule has 1 saturated heterocycles. The van der Waals surface area contributed by atoms with Crippen molar-refractivity contribution in [1.82, 2.24) is 10.2 Å². The maximum Gasteiger partial charge on any atom is 0.0593 e. The molecule has 0 aromatic rings. The van der Waals surface area contributed by atoms with Crippen molar-refractivity contribution in [2.24, 2.45) is 0 Å². The van der Waals surface area contributed by atoms with E-state index < -0.39 is 0 Å². The van der Waals surface area contributed by atoms with Crippen molar-refractivity contribution in [3.63, 3.8) is 0 Å². The summed E-state index contributed by atoms with van der Waals surface area (Å²) in [7, 11) is 1.74. The van der Waals surface area contributed by atoms with Crippen LogP contribution in [0.25, 0.3) is 0 Å². The maximum absolute atomic E-state index is 5.67. The fraction of sp³-hybridized carbons (Fsp3) is 1.00. The zero-order valence-electron chi connectivity index (χ0n) is 13.0. The second-order valence-electron chi connectivity index (χ2n) is 5.71. The molecule has 1 aliphatic heterocycles. The summed E-state index contributed by atoms with van der Waals surface area (Å²) >= 11 is 0. The van der Waals surface area contributed by atoms with Crippen LogP contribution in [0.1, 0.15) is 39.5 Å². The van der Waals surface area contributed by atoms with Crippen LogP contribution in [0.4, 0.5) is 0 Å². The van der Waals surface area contributed by atoms with Crippen LogP contribution >= 0.6 is 0 Å². The van der Waals surface area contributed by atoms with Crippen LogP contribution in [-0.4, -0.2) is 63.5 Å². The lowest BCUT2D eigenvalue weighted by Gasteiger charge is -2.36. The number of hydrogen-bond donors (Lipinski definition) is 1. The van der Waals surface area contributed by atoms with E-state index in [0.717, 1.165) is 39.3 Å². The molecule has 19 heavy (non-hydrogen) atoms. The van der Waals surface area contributed by atoms with Crippen molar-refractivity contribution < 1.29 is 9.47 Å². The Balaban J connectivity index is 2.13. The summed E-state index contributed by atoms with van der Waals surface area (Å²) in [5, 5.41) is 3.56. The Bertz CT molecular complexity index is 212. The molecule has 0 aromatic heterocycles. The molecule has 1 heterocycles. The van der Waals surface area contributed by atoms with Crippen LogP contribution in [0, 0.1) is 0 Å². The van der Waals surface area contributed by atoms with E-state index in [2.05, 4.69) is 24.1 Å². The molecule has 4 nitrogen and oxygen atoms in total. The summed E-state index contributed by atoms with van der Waals surface area (Å²) in [6.45, 7) is 10.3. The van der Waals surface area contributed by atoms with E-state index in [1.54, 1.807) is 7.11 Å². The zero-order chi connectivity index (χ0) is 13.9. The Hall–Kier alpha value is -0.160. The van der Waals surface area contributed by atoms with Crippen LogP contribution in [0.2, 0.25) is 0 Å². The Morgan fingerprint density at radius 1 is 1.21 bits per heavy atom. The molecule has 0 radical (unpaired) electrons. The minimum atomic E-state index is 0.578. The summed E-state index contributed by atoms with van der Waals surface area (Å²) < 4.78 is 10.7. The fourth-order valence-corrected chi connectivity index (χ4v) is 2.55. The van der Waals surface area contributed by atoms with Gasteiger partial charge in [0.2, 0.25) is 0 Å². The number of nitrogens with zero attached hydrogens (tertiary/aromatic N) is 1. The molecule has 1 atom stereocenters. The molecule has 0 spiro atoms. The topological polar surface area (TPSA) is 33.7 Å². The molecule has 1 unspecified atom stereocenters. The Morgan fingerprint density at radius 2 is 2.05 bits per heavy atom. The van der Waals surface area contributed by atoms with Gasteiger partial charge in [-0.2, -0.15) is 0 Å². The van der Waals surface area contributed by atoms with Gasteiger partial charge >= 0.3 is 0 Å². The summed E-state index contributed by atoms with van der Waals surface area (Å²) in [6, 6.07) is 1.27. The molecular formula is C15H32N2O2. The summed E-state index contributed by atoms with van der Waals surface area (Å²) in [5.41, 5.74) is 0. The van der Waals surface area contributed by atoms with E-state index in [4.69, 9.17) is 9.47 Å². The average molecular weight is 272 g/mol. The quantitative estimate of drug-likeness (QED) is 0.616. The number of hydrogen-bond acceptors (Lipinski definition) is 4. The summed E-state index contributed by atoms with van der Waals surface area (Å²) in [5.74, 6) is 0. The molecule has 0 bridgehead atoms. The molecule has 1 N–H and O–H groups in total. The lowest BCUT2D eigenvalue weighted by molar-refractivity contribution is 0.0606. The molecule has 1 fully saturated rings. The van der Waals surface area contributed by atoms with Gasteiger partial charge in [0, 0.05) is 45.5 Å². The highest BCUT2D eigenvalue weighted by Gasteiger charge is 2.21. The highest BCUT2D eigenvalue weighted by atomic mass is 16.5. The third-order valence-corrected chi connectivity index (χ3v) is 3.67. The number of piperidine rings is 1. The maximum atomic E-state index is 5.67. The minimum Gasteiger partial charge on any atom is -0.385 e. The van der Waals surface area contributed by atoms with Crippen LogP contribution in [0.5, 0.6) is 0 Å². The average Bonchev–Trinajstić information content (AvgIpc) is 2.41. The van der Waals surface area contributed by atoms with Crippen molar-refractivity contribution in [2.45, 2.75) is 51.6 Å². The number of methoxy groups -OCH3 is 1. The first-order valence-electron chi connectivity index (χ1n) is 7.78. The van der Waals surface area contributed by atoms with Crippen molar-refractivity contribution >= 4 is 0 Å². The SMILES string of the molecule is COCCCOCCN1CCCCC1CNC(C)C. The van der Waals surface area contributed by atoms with E-state index in [0.29, 0.717) is 12.1 Å². The van der Waals surface area contributed by atoms with Crippen molar-refractivity contribution in [3.05, 3.63) is 0 Å². The molecular weight excluding hydrogens is 240 g/mol. The van der Waals surface area contributed by atoms with Gasteiger partial charge in [-0.15, -0.1) is 0 Å². The van der Waals surface area contributed by atoms with E-state index in [1.807, 2.05) is 0 Å². The van der Waals surface area contributed by atoms with Crippen molar-refractivity contribution in [3.8, 4) is 0 Å². The predicted molar refractivity (Wildman–Crippen MR) is 79.7 cm³/mol. The zero-order valence-corrected chi connectivity index (χ0v) is 13.0. The van der Waals surface area contributed by atoms with Gasteiger partial charge in [0.25, 0.3) is 0 Å². The molecule has 0 amide bonds. The van der Waals surface area contributed by atoms with E-state index in [1.165, 1.54) is 25.8 Å². The Labute approximate surface area is 118 Å². The van der Waals surface area contributed by atoms with Crippen molar-refractivity contribution in [2.75, 3.05) is 46.6 Å². The molecule has 0 aliphatic carbocycles. The molecule has 1 rings (SSSR count). The molecule has 1 aliphatic rings. The van der Waals surface area contributed by atoms with E-state index in [-0.39, 0.29) is 0 Å². The Morgan fingerprint density at radius 3 is 2.79 bits per heavy atom.